The van der Waals surface area contributed by atoms with Crippen LogP contribution in [0.5, 0.6) is 5.75 Å². The largest absolute Gasteiger partial charge is 0.494 e. The number of hydrogen-bond donors (Lipinski definition) is 0. The van der Waals surface area contributed by atoms with Crippen molar-refractivity contribution in [2.75, 3.05) is 26.9 Å². The van der Waals surface area contributed by atoms with Crippen LogP contribution in [0.2, 0.25) is 0 Å². The topological polar surface area (TPSA) is 60.4 Å². The van der Waals surface area contributed by atoms with Crippen LogP contribution in [0.15, 0.2) is 23.3 Å². The second kappa shape index (κ2) is 7.61. The van der Waals surface area contributed by atoms with E-state index in [0.29, 0.717) is 25.3 Å². The Kier molecular flexibility index (Phi) is 5.77. The maximum atomic E-state index is 13.4. The molecule has 132 valence electrons. The molecule has 0 bridgehead atoms. The van der Waals surface area contributed by atoms with Crippen LogP contribution in [-0.2, 0) is 9.47 Å². The van der Waals surface area contributed by atoms with Gasteiger partial charge >= 0.3 is 6.09 Å². The standard InChI is InChI=1S/C17H23FN2O4/c1-17(2,3)24-16(21)20(9-13-10-23-11-13)19-8-12-5-6-14(18)15(7-12)22-4/h5-8,13H,9-11H2,1-4H3/b19-8+. The number of rotatable bonds is 5. The van der Waals surface area contributed by atoms with Crippen LogP contribution in [0.3, 0.4) is 0 Å². The molecular weight excluding hydrogens is 315 g/mol. The highest BCUT2D eigenvalue weighted by atomic mass is 19.1. The number of benzene rings is 1. The number of carbonyl (C=O) groups excluding carboxylic acids is 1. The van der Waals surface area contributed by atoms with Crippen molar-refractivity contribution in [1.29, 1.82) is 0 Å². The SMILES string of the molecule is COc1cc(/C=N/N(CC2COC2)C(=O)OC(C)(C)C)ccc1F. The molecule has 6 nitrogen and oxygen atoms in total. The Labute approximate surface area is 141 Å². The predicted molar refractivity (Wildman–Crippen MR) is 87.8 cm³/mol. The molecule has 0 aliphatic carbocycles. The smallest absolute Gasteiger partial charge is 0.430 e. The van der Waals surface area contributed by atoms with E-state index < -0.39 is 17.5 Å². The average molecular weight is 338 g/mol. The Bertz CT molecular complexity index is 609. The van der Waals surface area contributed by atoms with Gasteiger partial charge in [0.1, 0.15) is 5.60 Å². The summed E-state index contributed by atoms with van der Waals surface area (Å²) < 4.78 is 28.9. The summed E-state index contributed by atoms with van der Waals surface area (Å²) in [5.41, 5.74) is 0.00624. The number of amides is 1. The third kappa shape index (κ3) is 5.19. The number of hydrazone groups is 1. The van der Waals surface area contributed by atoms with Gasteiger partial charge in [0.15, 0.2) is 11.6 Å². The lowest BCUT2D eigenvalue weighted by Gasteiger charge is -2.31. The first-order valence-corrected chi connectivity index (χ1v) is 7.74. The molecule has 1 saturated heterocycles. The highest BCUT2D eigenvalue weighted by Gasteiger charge is 2.27. The molecule has 0 radical (unpaired) electrons. The van der Waals surface area contributed by atoms with E-state index in [1.165, 1.54) is 30.5 Å². The van der Waals surface area contributed by atoms with E-state index in [4.69, 9.17) is 14.2 Å². The summed E-state index contributed by atoms with van der Waals surface area (Å²) in [7, 11) is 1.39. The minimum Gasteiger partial charge on any atom is -0.494 e. The van der Waals surface area contributed by atoms with Gasteiger partial charge in [-0.1, -0.05) is 6.07 Å². The zero-order valence-electron chi connectivity index (χ0n) is 14.4. The van der Waals surface area contributed by atoms with E-state index >= 15 is 0 Å². The number of carbonyl (C=O) groups is 1. The fraction of sp³-hybridized carbons (Fsp3) is 0.529. The van der Waals surface area contributed by atoms with Crippen LogP contribution in [0.1, 0.15) is 26.3 Å². The molecule has 1 aromatic carbocycles. The molecule has 1 fully saturated rings. The fourth-order valence-electron chi connectivity index (χ4n) is 2.01. The van der Waals surface area contributed by atoms with E-state index in [0.717, 1.165) is 0 Å². The van der Waals surface area contributed by atoms with Crippen molar-refractivity contribution >= 4 is 12.3 Å². The summed E-state index contributed by atoms with van der Waals surface area (Å²) in [6.45, 7) is 6.99. The van der Waals surface area contributed by atoms with Gasteiger partial charge in [-0.15, -0.1) is 0 Å². The van der Waals surface area contributed by atoms with E-state index in [2.05, 4.69) is 5.10 Å². The van der Waals surface area contributed by atoms with E-state index in [1.54, 1.807) is 26.8 Å². The lowest BCUT2D eigenvalue weighted by molar-refractivity contribution is -0.0497. The molecule has 0 aromatic heterocycles. The average Bonchev–Trinajstić information content (AvgIpc) is 2.45. The van der Waals surface area contributed by atoms with E-state index in [9.17, 15) is 9.18 Å². The number of methoxy groups -OCH3 is 1. The van der Waals surface area contributed by atoms with Crippen molar-refractivity contribution in [2.24, 2.45) is 11.0 Å². The summed E-state index contributed by atoms with van der Waals surface area (Å²) in [4.78, 5) is 12.3. The van der Waals surface area contributed by atoms with Crippen LogP contribution in [-0.4, -0.2) is 49.8 Å². The van der Waals surface area contributed by atoms with Gasteiger partial charge in [-0.05, 0) is 38.5 Å². The normalized spacial score (nSPS) is 15.2. The third-order valence-corrected chi connectivity index (χ3v) is 3.26. The van der Waals surface area contributed by atoms with Crippen molar-refractivity contribution in [3.63, 3.8) is 0 Å². The number of ether oxygens (including phenoxy) is 3. The van der Waals surface area contributed by atoms with Crippen molar-refractivity contribution in [2.45, 2.75) is 26.4 Å². The molecule has 0 spiro atoms. The molecule has 0 saturated carbocycles. The van der Waals surface area contributed by atoms with Crippen LogP contribution >= 0.6 is 0 Å². The van der Waals surface area contributed by atoms with E-state index in [-0.39, 0.29) is 11.7 Å². The summed E-state index contributed by atoms with van der Waals surface area (Å²) in [6, 6.07) is 4.36. The number of nitrogens with zero attached hydrogens (tertiary/aromatic N) is 2. The fourth-order valence-corrected chi connectivity index (χ4v) is 2.01. The maximum Gasteiger partial charge on any atom is 0.430 e. The Hall–Kier alpha value is -2.15. The molecule has 24 heavy (non-hydrogen) atoms. The van der Waals surface area contributed by atoms with Gasteiger partial charge in [-0.25, -0.2) is 9.18 Å². The highest BCUT2D eigenvalue weighted by Crippen LogP contribution is 2.18. The molecule has 1 aliphatic rings. The van der Waals surface area contributed by atoms with E-state index in [1.807, 2.05) is 0 Å². The Morgan fingerprint density at radius 2 is 2.17 bits per heavy atom. The minimum atomic E-state index is -0.611. The predicted octanol–water partition coefficient (Wildman–Crippen LogP) is 3.05. The van der Waals surface area contributed by atoms with Crippen molar-refractivity contribution in [1.82, 2.24) is 5.01 Å². The lowest BCUT2D eigenvalue weighted by Crippen LogP contribution is -2.42. The van der Waals surface area contributed by atoms with Gasteiger partial charge in [0, 0.05) is 5.92 Å². The highest BCUT2D eigenvalue weighted by molar-refractivity contribution is 5.81. The van der Waals surface area contributed by atoms with Gasteiger partial charge in [0.25, 0.3) is 0 Å². The summed E-state index contributed by atoms with van der Waals surface area (Å²) in [5.74, 6) is -0.0992. The monoisotopic (exact) mass is 338 g/mol. The second-order valence-electron chi connectivity index (χ2n) is 6.60. The molecule has 1 aromatic rings. The molecule has 2 rings (SSSR count). The van der Waals surface area contributed by atoms with Crippen molar-refractivity contribution in [3.8, 4) is 5.75 Å². The van der Waals surface area contributed by atoms with Crippen LogP contribution in [0.25, 0.3) is 0 Å². The molecule has 0 atom stereocenters. The second-order valence-corrected chi connectivity index (χ2v) is 6.60. The Morgan fingerprint density at radius 1 is 1.46 bits per heavy atom. The Morgan fingerprint density at radius 3 is 2.71 bits per heavy atom. The molecule has 0 N–H and O–H groups in total. The number of halogens is 1. The molecule has 0 unspecified atom stereocenters. The third-order valence-electron chi connectivity index (χ3n) is 3.26. The number of hydrogen-bond acceptors (Lipinski definition) is 5. The first-order chi connectivity index (χ1) is 11.3. The quantitative estimate of drug-likeness (QED) is 0.611. The van der Waals surface area contributed by atoms with Gasteiger partial charge in [0.2, 0.25) is 0 Å². The lowest BCUT2D eigenvalue weighted by atomic mass is 10.1. The zero-order chi connectivity index (χ0) is 17.7. The van der Waals surface area contributed by atoms with Gasteiger partial charge in [-0.2, -0.15) is 10.1 Å². The van der Waals surface area contributed by atoms with Crippen molar-refractivity contribution < 1.29 is 23.4 Å². The maximum absolute atomic E-state index is 13.4. The van der Waals surface area contributed by atoms with Gasteiger partial charge < -0.3 is 14.2 Å². The van der Waals surface area contributed by atoms with Crippen LogP contribution < -0.4 is 4.74 Å². The minimum absolute atomic E-state index is 0.121. The van der Waals surface area contributed by atoms with Crippen LogP contribution in [0.4, 0.5) is 9.18 Å². The molecule has 1 amide bonds. The van der Waals surface area contributed by atoms with Gasteiger partial charge in [0.05, 0.1) is 33.1 Å². The van der Waals surface area contributed by atoms with Gasteiger partial charge in [-0.3, -0.25) is 0 Å². The zero-order valence-corrected chi connectivity index (χ0v) is 14.4. The summed E-state index contributed by atoms with van der Waals surface area (Å²) in [5, 5.41) is 5.48. The molecule has 1 heterocycles. The molecule has 1 aliphatic heterocycles. The summed E-state index contributed by atoms with van der Waals surface area (Å²) >= 11 is 0. The van der Waals surface area contributed by atoms with Crippen molar-refractivity contribution in [3.05, 3.63) is 29.6 Å². The summed E-state index contributed by atoms with van der Waals surface area (Å²) in [6.07, 6.45) is 0.950. The van der Waals surface area contributed by atoms with Crippen LogP contribution in [0, 0.1) is 11.7 Å². The molecular formula is C17H23FN2O4. The first-order valence-electron chi connectivity index (χ1n) is 7.74. The Balaban J connectivity index is 2.12. The molecule has 7 heteroatoms. The first kappa shape index (κ1) is 18.2.